The highest BCUT2D eigenvalue weighted by molar-refractivity contribution is 5.95. The van der Waals surface area contributed by atoms with Crippen LogP contribution < -0.4 is 5.32 Å². The topological polar surface area (TPSA) is 29.1 Å². The second-order valence-corrected chi connectivity index (χ2v) is 5.86. The Morgan fingerprint density at radius 1 is 0.905 bits per heavy atom. The summed E-state index contributed by atoms with van der Waals surface area (Å²) in [5.74, 6) is -0.0155. The molecule has 0 spiro atoms. The lowest BCUT2D eigenvalue weighted by atomic mass is 10.0. The van der Waals surface area contributed by atoms with E-state index in [1.54, 1.807) is 0 Å². The van der Waals surface area contributed by atoms with Crippen LogP contribution in [0.4, 0.5) is 0 Å². The summed E-state index contributed by atoms with van der Waals surface area (Å²) in [7, 11) is 0. The Balaban J connectivity index is 2.16. The van der Waals surface area contributed by atoms with Crippen LogP contribution in [0.1, 0.15) is 51.1 Å². The van der Waals surface area contributed by atoms with Crippen molar-refractivity contribution in [2.24, 2.45) is 0 Å². The quantitative estimate of drug-likeness (QED) is 0.887. The van der Waals surface area contributed by atoms with Crippen LogP contribution >= 0.6 is 0 Å². The van der Waals surface area contributed by atoms with E-state index in [0.29, 0.717) is 0 Å². The first-order valence-corrected chi connectivity index (χ1v) is 7.33. The highest BCUT2D eigenvalue weighted by Gasteiger charge is 2.13. The lowest BCUT2D eigenvalue weighted by Gasteiger charge is -2.16. The molecule has 0 bridgehead atoms. The summed E-state index contributed by atoms with van der Waals surface area (Å²) in [6.07, 6.45) is 0. The van der Waals surface area contributed by atoms with E-state index in [-0.39, 0.29) is 11.9 Å². The summed E-state index contributed by atoms with van der Waals surface area (Å²) < 4.78 is 0. The lowest BCUT2D eigenvalue weighted by molar-refractivity contribution is 0.0939. The van der Waals surface area contributed by atoms with Gasteiger partial charge in [-0.3, -0.25) is 4.79 Å². The van der Waals surface area contributed by atoms with E-state index in [2.05, 4.69) is 37.4 Å². The molecule has 0 unspecified atom stereocenters. The number of rotatable bonds is 3. The Kier molecular flexibility index (Phi) is 4.46. The maximum Gasteiger partial charge on any atom is 0.252 e. The van der Waals surface area contributed by atoms with E-state index in [4.69, 9.17) is 0 Å². The van der Waals surface area contributed by atoms with Crippen LogP contribution in [0.3, 0.4) is 0 Å². The van der Waals surface area contributed by atoms with Crippen molar-refractivity contribution in [3.05, 3.63) is 69.8 Å². The van der Waals surface area contributed by atoms with Crippen molar-refractivity contribution in [1.82, 2.24) is 5.32 Å². The number of hydrogen-bond donors (Lipinski definition) is 1. The maximum absolute atomic E-state index is 12.4. The average molecular weight is 281 g/mol. The molecule has 0 saturated heterocycles. The van der Waals surface area contributed by atoms with Crippen LogP contribution in [0, 0.1) is 27.7 Å². The third kappa shape index (κ3) is 3.52. The molecule has 2 aromatic rings. The molecule has 2 nitrogen and oxygen atoms in total. The first-order valence-electron chi connectivity index (χ1n) is 7.33. The summed E-state index contributed by atoms with van der Waals surface area (Å²) in [4.78, 5) is 12.4. The van der Waals surface area contributed by atoms with Gasteiger partial charge in [-0.2, -0.15) is 0 Å². The summed E-state index contributed by atoms with van der Waals surface area (Å²) in [5.41, 5.74) is 6.59. The Labute approximate surface area is 127 Å². The van der Waals surface area contributed by atoms with E-state index in [9.17, 15) is 4.79 Å². The van der Waals surface area contributed by atoms with E-state index in [1.807, 2.05) is 39.0 Å². The van der Waals surface area contributed by atoms with E-state index in [0.717, 1.165) is 16.7 Å². The SMILES string of the molecule is Cc1ccc(C(=O)N[C@@H](C)c2ccc(C)c(C)c2)c(C)c1. The molecule has 2 rings (SSSR count). The summed E-state index contributed by atoms with van der Waals surface area (Å²) in [6.45, 7) is 10.2. The molecule has 110 valence electrons. The first kappa shape index (κ1) is 15.3. The number of carbonyl (C=O) groups is 1. The van der Waals surface area contributed by atoms with Crippen LogP contribution in [0.25, 0.3) is 0 Å². The Bertz CT molecular complexity index is 673. The number of hydrogen-bond acceptors (Lipinski definition) is 1. The zero-order valence-electron chi connectivity index (χ0n) is 13.4. The van der Waals surface area contributed by atoms with E-state index in [1.165, 1.54) is 16.7 Å². The molecule has 0 radical (unpaired) electrons. The molecule has 1 atom stereocenters. The lowest BCUT2D eigenvalue weighted by Crippen LogP contribution is -2.27. The first-order chi connectivity index (χ1) is 9.88. The van der Waals surface area contributed by atoms with E-state index < -0.39 is 0 Å². The van der Waals surface area contributed by atoms with Crippen molar-refractivity contribution < 1.29 is 4.79 Å². The summed E-state index contributed by atoms with van der Waals surface area (Å²) >= 11 is 0. The standard InChI is InChI=1S/C19H23NO/c1-12-6-9-18(15(4)10-12)19(21)20-16(5)17-8-7-13(2)14(3)11-17/h6-11,16H,1-5H3,(H,20,21)/t16-/m0/s1. The third-order valence-corrected chi connectivity index (χ3v) is 4.01. The van der Waals surface area contributed by atoms with Crippen LogP contribution in [0.2, 0.25) is 0 Å². The molecular weight excluding hydrogens is 258 g/mol. The second kappa shape index (κ2) is 6.13. The number of carbonyl (C=O) groups excluding carboxylic acids is 1. The van der Waals surface area contributed by atoms with Crippen molar-refractivity contribution in [2.75, 3.05) is 0 Å². The van der Waals surface area contributed by atoms with Gasteiger partial charge in [0.1, 0.15) is 0 Å². The minimum atomic E-state index is -0.0155. The van der Waals surface area contributed by atoms with Gasteiger partial charge in [-0.05, 0) is 62.9 Å². The zero-order chi connectivity index (χ0) is 15.6. The molecule has 1 amide bonds. The Hall–Kier alpha value is -2.09. The molecule has 0 fully saturated rings. The summed E-state index contributed by atoms with van der Waals surface area (Å²) in [5, 5.41) is 3.08. The molecular formula is C19H23NO. The van der Waals surface area contributed by atoms with Gasteiger partial charge in [0.15, 0.2) is 0 Å². The Morgan fingerprint density at radius 2 is 1.62 bits per heavy atom. The van der Waals surface area contributed by atoms with Gasteiger partial charge in [0.2, 0.25) is 0 Å². The van der Waals surface area contributed by atoms with Gasteiger partial charge in [-0.15, -0.1) is 0 Å². The predicted octanol–water partition coefficient (Wildman–Crippen LogP) is 4.41. The fraction of sp³-hybridized carbons (Fsp3) is 0.316. The van der Waals surface area contributed by atoms with Crippen molar-refractivity contribution in [1.29, 1.82) is 0 Å². The minimum absolute atomic E-state index is 0.00231. The van der Waals surface area contributed by atoms with Crippen LogP contribution in [0.15, 0.2) is 36.4 Å². The normalized spacial score (nSPS) is 12.0. The minimum Gasteiger partial charge on any atom is -0.346 e. The molecule has 1 N–H and O–H groups in total. The average Bonchev–Trinajstić information content (AvgIpc) is 2.41. The van der Waals surface area contributed by atoms with Crippen LogP contribution in [-0.4, -0.2) is 5.91 Å². The fourth-order valence-corrected chi connectivity index (χ4v) is 2.46. The number of aryl methyl sites for hydroxylation is 4. The van der Waals surface area contributed by atoms with Crippen molar-refractivity contribution >= 4 is 5.91 Å². The van der Waals surface area contributed by atoms with Crippen molar-refractivity contribution in [2.45, 2.75) is 40.7 Å². The molecule has 0 aliphatic rings. The molecule has 2 heteroatoms. The smallest absolute Gasteiger partial charge is 0.252 e. The highest BCUT2D eigenvalue weighted by Crippen LogP contribution is 2.18. The van der Waals surface area contributed by atoms with Crippen LogP contribution in [0.5, 0.6) is 0 Å². The monoisotopic (exact) mass is 281 g/mol. The van der Waals surface area contributed by atoms with Gasteiger partial charge in [0, 0.05) is 5.56 Å². The second-order valence-electron chi connectivity index (χ2n) is 5.86. The maximum atomic E-state index is 12.4. The summed E-state index contributed by atoms with van der Waals surface area (Å²) in [6, 6.07) is 12.2. The van der Waals surface area contributed by atoms with Gasteiger partial charge < -0.3 is 5.32 Å². The van der Waals surface area contributed by atoms with E-state index >= 15 is 0 Å². The number of nitrogens with one attached hydrogen (secondary N) is 1. The van der Waals surface area contributed by atoms with Crippen molar-refractivity contribution in [3.63, 3.8) is 0 Å². The van der Waals surface area contributed by atoms with Crippen molar-refractivity contribution in [3.8, 4) is 0 Å². The van der Waals surface area contributed by atoms with Gasteiger partial charge in [0.25, 0.3) is 5.91 Å². The molecule has 0 aliphatic heterocycles. The van der Waals surface area contributed by atoms with Gasteiger partial charge in [0.05, 0.1) is 6.04 Å². The van der Waals surface area contributed by atoms with Gasteiger partial charge in [-0.1, -0.05) is 35.9 Å². The number of benzene rings is 2. The molecule has 2 aromatic carbocycles. The molecule has 0 aliphatic carbocycles. The third-order valence-electron chi connectivity index (χ3n) is 4.01. The number of amides is 1. The zero-order valence-corrected chi connectivity index (χ0v) is 13.4. The molecule has 0 aromatic heterocycles. The van der Waals surface area contributed by atoms with Gasteiger partial charge >= 0.3 is 0 Å². The Morgan fingerprint density at radius 3 is 2.24 bits per heavy atom. The fourth-order valence-electron chi connectivity index (χ4n) is 2.46. The predicted molar refractivity (Wildman–Crippen MR) is 87.7 cm³/mol. The molecule has 0 heterocycles. The largest absolute Gasteiger partial charge is 0.346 e. The highest BCUT2D eigenvalue weighted by atomic mass is 16.1. The van der Waals surface area contributed by atoms with Gasteiger partial charge in [-0.25, -0.2) is 0 Å². The molecule has 21 heavy (non-hydrogen) atoms. The van der Waals surface area contributed by atoms with Crippen LogP contribution in [-0.2, 0) is 0 Å². The molecule has 0 saturated carbocycles.